The maximum Gasteiger partial charge on any atom is 0.368 e. The summed E-state index contributed by atoms with van der Waals surface area (Å²) < 4.78 is 86.3. The molecule has 128 valence electrons. The summed E-state index contributed by atoms with van der Waals surface area (Å²) in [5.41, 5.74) is -4.67. The molecule has 0 aliphatic rings. The molecule has 0 atom stereocenters. The highest BCUT2D eigenvalue weighted by Gasteiger charge is 2.63. The van der Waals surface area contributed by atoms with E-state index in [0.717, 1.165) is 0 Å². The fraction of sp³-hybridized carbons (Fsp3) is 1.00. The average molecular weight is 322 g/mol. The Morgan fingerprint density at radius 1 is 0.619 bits per heavy atom. The van der Waals surface area contributed by atoms with Crippen LogP contribution in [0.1, 0.15) is 53.4 Å². The minimum Gasteiger partial charge on any atom is -0.254 e. The van der Waals surface area contributed by atoms with Gasteiger partial charge in [0.05, 0.1) is 10.8 Å². The summed E-state index contributed by atoms with van der Waals surface area (Å²) in [5.74, 6) is 0. The Hall–Kier alpha value is -0.460. The van der Waals surface area contributed by atoms with E-state index in [1.165, 1.54) is 27.7 Å². The number of halogens is 6. The quantitative estimate of drug-likeness (QED) is 0.466. The molecule has 7 heteroatoms. The molecule has 0 saturated heterocycles. The number of hydrogen-bond acceptors (Lipinski definition) is 1. The molecular weight excluding hydrogens is 298 g/mol. The molecule has 0 aliphatic heterocycles. The van der Waals surface area contributed by atoms with Gasteiger partial charge in [0.15, 0.2) is 0 Å². The minimum atomic E-state index is -4.39. The van der Waals surface area contributed by atoms with Crippen LogP contribution in [0.25, 0.3) is 0 Å². The first-order chi connectivity index (χ1) is 9.57. The van der Waals surface area contributed by atoms with Crippen LogP contribution in [0.3, 0.4) is 0 Å². The van der Waals surface area contributed by atoms with E-state index in [2.05, 4.69) is 4.74 Å². The van der Waals surface area contributed by atoms with E-state index in [-0.39, 0.29) is 25.7 Å². The first-order valence-corrected chi connectivity index (χ1v) is 7.15. The highest BCUT2D eigenvalue weighted by molar-refractivity contribution is 4.90. The van der Waals surface area contributed by atoms with Gasteiger partial charge in [0.2, 0.25) is 0 Å². The summed E-state index contributed by atoms with van der Waals surface area (Å²) >= 11 is 0. The lowest BCUT2D eigenvalue weighted by atomic mass is 9.80. The van der Waals surface area contributed by atoms with Gasteiger partial charge in [-0.2, -0.15) is 17.6 Å². The fourth-order valence-electron chi connectivity index (χ4n) is 2.23. The standard InChI is InChI=1S/C14H24F6O/c1-5-11(6-2,9-15)13(17,18)21-14(19,20)12(7-3,8-4)10-16/h5-10H2,1-4H3. The molecule has 0 rings (SSSR count). The van der Waals surface area contributed by atoms with Crippen molar-refractivity contribution in [3.63, 3.8) is 0 Å². The van der Waals surface area contributed by atoms with Crippen molar-refractivity contribution in [3.8, 4) is 0 Å². The SMILES string of the molecule is CCC(CC)(CF)C(F)(F)OC(F)(F)C(CC)(CC)CF. The van der Waals surface area contributed by atoms with Crippen LogP contribution in [0.2, 0.25) is 0 Å². The van der Waals surface area contributed by atoms with Gasteiger partial charge in [0.1, 0.15) is 13.3 Å². The van der Waals surface area contributed by atoms with E-state index in [9.17, 15) is 26.3 Å². The molecule has 0 N–H and O–H groups in total. The zero-order valence-electron chi connectivity index (χ0n) is 12.9. The van der Waals surface area contributed by atoms with Crippen LogP contribution in [0.5, 0.6) is 0 Å². The third-order valence-electron chi connectivity index (χ3n) is 4.71. The number of alkyl halides is 6. The maximum absolute atomic E-state index is 14.1. The number of hydrogen-bond donors (Lipinski definition) is 0. The van der Waals surface area contributed by atoms with Gasteiger partial charge in [0.25, 0.3) is 0 Å². The van der Waals surface area contributed by atoms with Crippen molar-refractivity contribution in [1.82, 2.24) is 0 Å². The molecule has 0 heterocycles. The van der Waals surface area contributed by atoms with Gasteiger partial charge in [0, 0.05) is 0 Å². The van der Waals surface area contributed by atoms with E-state index in [1.54, 1.807) is 0 Å². The molecule has 0 bridgehead atoms. The largest absolute Gasteiger partial charge is 0.368 e. The molecule has 0 amide bonds. The van der Waals surface area contributed by atoms with Crippen molar-refractivity contribution in [2.24, 2.45) is 10.8 Å². The summed E-state index contributed by atoms with van der Waals surface area (Å²) in [6.07, 6.45) is -10.3. The summed E-state index contributed by atoms with van der Waals surface area (Å²) in [6, 6.07) is 0. The number of rotatable bonds is 10. The van der Waals surface area contributed by atoms with Gasteiger partial charge in [-0.15, -0.1) is 0 Å². The van der Waals surface area contributed by atoms with Crippen molar-refractivity contribution in [3.05, 3.63) is 0 Å². The number of ether oxygens (including phenoxy) is 1. The second kappa shape index (κ2) is 7.20. The van der Waals surface area contributed by atoms with Crippen LogP contribution >= 0.6 is 0 Å². The second-order valence-electron chi connectivity index (χ2n) is 5.38. The van der Waals surface area contributed by atoms with Crippen LogP contribution in [0.4, 0.5) is 26.3 Å². The predicted molar refractivity (Wildman–Crippen MR) is 69.0 cm³/mol. The molecule has 1 nitrogen and oxygen atoms in total. The molecule has 21 heavy (non-hydrogen) atoms. The van der Waals surface area contributed by atoms with E-state index >= 15 is 0 Å². The fourth-order valence-corrected chi connectivity index (χ4v) is 2.23. The van der Waals surface area contributed by atoms with Crippen molar-refractivity contribution in [1.29, 1.82) is 0 Å². The molecule has 0 fully saturated rings. The predicted octanol–water partition coefficient (Wildman–Crippen LogP) is 5.74. The van der Waals surface area contributed by atoms with Crippen molar-refractivity contribution in [2.45, 2.75) is 65.6 Å². The van der Waals surface area contributed by atoms with Crippen LogP contribution in [-0.4, -0.2) is 25.6 Å². The first kappa shape index (κ1) is 20.5. The lowest BCUT2D eigenvalue weighted by Gasteiger charge is -2.43. The summed E-state index contributed by atoms with van der Waals surface area (Å²) in [4.78, 5) is 0. The average Bonchev–Trinajstić information content (AvgIpc) is 2.42. The normalized spacial score (nSPS) is 14.6. The van der Waals surface area contributed by atoms with E-state index in [1.807, 2.05) is 0 Å². The molecule has 0 unspecified atom stereocenters. The molecule has 0 aromatic rings. The van der Waals surface area contributed by atoms with Gasteiger partial charge in [-0.25, -0.2) is 0 Å². The topological polar surface area (TPSA) is 9.23 Å². The highest BCUT2D eigenvalue weighted by Crippen LogP contribution is 2.52. The summed E-state index contributed by atoms with van der Waals surface area (Å²) in [7, 11) is 0. The smallest absolute Gasteiger partial charge is 0.254 e. The molecule has 0 radical (unpaired) electrons. The Kier molecular flexibility index (Phi) is 7.04. The summed E-state index contributed by atoms with van der Waals surface area (Å²) in [5, 5.41) is 0. The Labute approximate surface area is 122 Å². The minimum absolute atomic E-state index is 0.371. The zero-order chi connectivity index (χ0) is 16.9. The van der Waals surface area contributed by atoms with Gasteiger partial charge in [-0.05, 0) is 25.7 Å². The van der Waals surface area contributed by atoms with Gasteiger partial charge in [-0.3, -0.25) is 13.5 Å². The highest BCUT2D eigenvalue weighted by atomic mass is 19.3. The van der Waals surface area contributed by atoms with Gasteiger partial charge >= 0.3 is 12.2 Å². The third kappa shape index (κ3) is 3.48. The Morgan fingerprint density at radius 2 is 0.857 bits per heavy atom. The monoisotopic (exact) mass is 322 g/mol. The van der Waals surface area contributed by atoms with Crippen LogP contribution in [-0.2, 0) is 4.74 Å². The molecule has 0 aliphatic carbocycles. The van der Waals surface area contributed by atoms with Gasteiger partial charge in [-0.1, -0.05) is 27.7 Å². The van der Waals surface area contributed by atoms with Crippen molar-refractivity contribution < 1.29 is 31.1 Å². The lowest BCUT2D eigenvalue weighted by molar-refractivity contribution is -0.443. The third-order valence-corrected chi connectivity index (χ3v) is 4.71. The van der Waals surface area contributed by atoms with E-state index in [0.29, 0.717) is 0 Å². The Balaban J connectivity index is 5.59. The van der Waals surface area contributed by atoms with Crippen molar-refractivity contribution in [2.75, 3.05) is 13.3 Å². The van der Waals surface area contributed by atoms with Crippen molar-refractivity contribution >= 4 is 0 Å². The summed E-state index contributed by atoms with van der Waals surface area (Å²) in [6.45, 7) is 2.12. The Bertz CT molecular complexity index is 264. The Morgan fingerprint density at radius 3 is 1.00 bits per heavy atom. The van der Waals surface area contributed by atoms with Crippen LogP contribution < -0.4 is 0 Å². The molecule has 0 aromatic heterocycles. The molecule has 0 saturated carbocycles. The van der Waals surface area contributed by atoms with E-state index < -0.39 is 36.4 Å². The first-order valence-electron chi connectivity index (χ1n) is 7.15. The molecule has 0 aromatic carbocycles. The maximum atomic E-state index is 14.1. The second-order valence-corrected chi connectivity index (χ2v) is 5.38. The van der Waals surface area contributed by atoms with E-state index in [4.69, 9.17) is 0 Å². The van der Waals surface area contributed by atoms with Crippen LogP contribution in [0.15, 0.2) is 0 Å². The zero-order valence-corrected chi connectivity index (χ0v) is 12.9. The lowest BCUT2D eigenvalue weighted by Crippen LogP contribution is -2.54. The molecule has 0 spiro atoms. The molecular formula is C14H24F6O. The van der Waals surface area contributed by atoms with Crippen LogP contribution in [0, 0.1) is 10.8 Å². The van der Waals surface area contributed by atoms with Gasteiger partial charge < -0.3 is 0 Å².